The van der Waals surface area contributed by atoms with E-state index >= 15 is 0 Å². The Balaban J connectivity index is 2.02. The molecule has 2 aromatic rings. The molecule has 2 rings (SSSR count). The first-order valence-corrected chi connectivity index (χ1v) is 8.70. The van der Waals surface area contributed by atoms with E-state index in [0.29, 0.717) is 5.75 Å². The topological polar surface area (TPSA) is 52.6 Å². The third kappa shape index (κ3) is 5.14. The Hall–Kier alpha value is -2.27. The van der Waals surface area contributed by atoms with Gasteiger partial charge in [-0.25, -0.2) is 0 Å². The zero-order valence-corrected chi connectivity index (χ0v) is 14.0. The van der Waals surface area contributed by atoms with Crippen molar-refractivity contribution in [3.8, 4) is 5.75 Å². The van der Waals surface area contributed by atoms with E-state index < -0.39 is 10.1 Å². The summed E-state index contributed by atoms with van der Waals surface area (Å²) in [6.07, 6.45) is 5.29. The van der Waals surface area contributed by atoms with E-state index in [9.17, 15) is 8.42 Å². The highest BCUT2D eigenvalue weighted by Crippen LogP contribution is 2.20. The van der Waals surface area contributed by atoms with Gasteiger partial charge in [0.05, 0.1) is 13.4 Å². The van der Waals surface area contributed by atoms with Gasteiger partial charge in [0, 0.05) is 0 Å². The van der Waals surface area contributed by atoms with Gasteiger partial charge in [0.2, 0.25) is 0 Å². The fourth-order valence-corrected chi connectivity index (χ4v) is 2.94. The van der Waals surface area contributed by atoms with Crippen LogP contribution in [-0.2, 0) is 21.3 Å². The summed E-state index contributed by atoms with van der Waals surface area (Å²) in [4.78, 5) is 0.150. The minimum Gasteiger partial charge on any atom is -0.505 e. The molecule has 0 amide bonds. The molecule has 0 aliphatic carbocycles. The van der Waals surface area contributed by atoms with Gasteiger partial charge >= 0.3 is 10.1 Å². The molecule has 0 spiro atoms. The summed E-state index contributed by atoms with van der Waals surface area (Å²) in [6, 6.07) is 13.6. The van der Waals surface area contributed by atoms with Crippen molar-refractivity contribution in [3.05, 3.63) is 72.0 Å². The normalized spacial score (nSPS) is 11.6. The molecule has 0 saturated carbocycles. The Labute approximate surface area is 137 Å². The van der Waals surface area contributed by atoms with Crippen LogP contribution in [0.5, 0.6) is 5.75 Å². The van der Waals surface area contributed by atoms with E-state index in [1.165, 1.54) is 0 Å². The smallest absolute Gasteiger partial charge is 0.339 e. The van der Waals surface area contributed by atoms with Crippen LogP contribution in [0, 0.1) is 6.92 Å². The number of allylic oxidation sites excluding steroid dienone is 1. The molecule has 0 aromatic heterocycles. The van der Waals surface area contributed by atoms with Gasteiger partial charge in [0.1, 0.15) is 10.6 Å². The van der Waals surface area contributed by atoms with Gasteiger partial charge in [-0.1, -0.05) is 29.8 Å². The lowest BCUT2D eigenvalue weighted by Gasteiger charge is -2.08. The second kappa shape index (κ2) is 7.83. The minimum absolute atomic E-state index is 0.150. The van der Waals surface area contributed by atoms with Crippen LogP contribution >= 0.6 is 0 Å². The fourth-order valence-electron chi connectivity index (χ4n) is 2.01. The van der Waals surface area contributed by atoms with Crippen molar-refractivity contribution in [2.75, 3.05) is 7.11 Å². The quantitative estimate of drug-likeness (QED) is 0.571. The van der Waals surface area contributed by atoms with Crippen molar-refractivity contribution in [2.45, 2.75) is 24.7 Å². The maximum Gasteiger partial charge on any atom is 0.339 e. The first-order chi connectivity index (χ1) is 11.0. The summed E-state index contributed by atoms with van der Waals surface area (Å²) >= 11 is 0. The average molecular weight is 332 g/mol. The number of benzene rings is 2. The van der Waals surface area contributed by atoms with Crippen molar-refractivity contribution in [1.82, 2.24) is 0 Å². The van der Waals surface area contributed by atoms with Crippen LogP contribution < -0.4 is 4.18 Å². The fraction of sp³-hybridized carbons (Fsp3) is 0.222. The number of aryl methyl sites for hydroxylation is 2. The highest BCUT2D eigenvalue weighted by molar-refractivity contribution is 7.87. The Kier molecular flexibility index (Phi) is 5.82. The molecule has 23 heavy (non-hydrogen) atoms. The van der Waals surface area contributed by atoms with Gasteiger partial charge in [-0.05, 0) is 55.7 Å². The molecule has 0 saturated heterocycles. The van der Waals surface area contributed by atoms with Crippen molar-refractivity contribution in [2.24, 2.45) is 0 Å². The van der Waals surface area contributed by atoms with Crippen molar-refractivity contribution in [1.29, 1.82) is 0 Å². The van der Waals surface area contributed by atoms with E-state index in [-0.39, 0.29) is 4.90 Å². The molecule has 0 aliphatic heterocycles. The van der Waals surface area contributed by atoms with Gasteiger partial charge in [0.15, 0.2) is 0 Å². The van der Waals surface area contributed by atoms with Gasteiger partial charge in [-0.2, -0.15) is 8.42 Å². The molecule has 122 valence electrons. The number of ether oxygens (including phenoxy) is 1. The van der Waals surface area contributed by atoms with E-state index in [2.05, 4.69) is 0 Å². The molecule has 0 atom stereocenters. The summed E-state index contributed by atoms with van der Waals surface area (Å²) in [5.41, 5.74) is 2.10. The molecule has 5 heteroatoms. The van der Waals surface area contributed by atoms with Crippen LogP contribution in [-0.4, -0.2) is 15.5 Å². The third-order valence-electron chi connectivity index (χ3n) is 3.27. The zero-order chi connectivity index (χ0) is 16.7. The molecule has 0 bridgehead atoms. The van der Waals surface area contributed by atoms with Crippen molar-refractivity contribution < 1.29 is 17.3 Å². The minimum atomic E-state index is -3.79. The number of methoxy groups -OCH3 is 1. The monoisotopic (exact) mass is 332 g/mol. The number of hydrogen-bond acceptors (Lipinski definition) is 4. The summed E-state index contributed by atoms with van der Waals surface area (Å²) in [5.74, 6) is 0.307. The predicted molar refractivity (Wildman–Crippen MR) is 89.9 cm³/mol. The van der Waals surface area contributed by atoms with Crippen LogP contribution in [0.3, 0.4) is 0 Å². The van der Waals surface area contributed by atoms with Crippen LogP contribution in [0.2, 0.25) is 0 Å². The molecular formula is C18H20O4S. The zero-order valence-electron chi connectivity index (χ0n) is 13.2. The Morgan fingerprint density at radius 3 is 2.26 bits per heavy atom. The summed E-state index contributed by atoms with van der Waals surface area (Å²) < 4.78 is 34.4. The van der Waals surface area contributed by atoms with Crippen molar-refractivity contribution in [3.63, 3.8) is 0 Å². The first kappa shape index (κ1) is 17.1. The Morgan fingerprint density at radius 2 is 1.65 bits per heavy atom. The molecule has 0 heterocycles. The van der Waals surface area contributed by atoms with Gasteiger partial charge in [-0.15, -0.1) is 0 Å². The van der Waals surface area contributed by atoms with Crippen LogP contribution in [0.1, 0.15) is 17.5 Å². The molecule has 0 radical (unpaired) electrons. The van der Waals surface area contributed by atoms with Crippen molar-refractivity contribution >= 4 is 10.1 Å². The maximum absolute atomic E-state index is 12.2. The van der Waals surface area contributed by atoms with Crippen LogP contribution in [0.4, 0.5) is 0 Å². The van der Waals surface area contributed by atoms with E-state index in [1.807, 2.05) is 25.1 Å². The van der Waals surface area contributed by atoms with Gasteiger partial charge < -0.3 is 8.92 Å². The Bertz CT molecular complexity index is 745. The van der Waals surface area contributed by atoms with Gasteiger partial charge in [-0.3, -0.25) is 0 Å². The lowest BCUT2D eigenvalue weighted by molar-refractivity contribution is 0.336. The summed E-state index contributed by atoms with van der Waals surface area (Å²) in [6.45, 7) is 1.90. The second-order valence-corrected chi connectivity index (χ2v) is 6.69. The molecule has 2 aromatic carbocycles. The SMILES string of the molecule is COC=CCCc1ccc(OS(=O)(=O)c2ccc(C)cc2)cc1. The number of rotatable bonds is 7. The van der Waals surface area contributed by atoms with E-state index in [1.54, 1.807) is 49.8 Å². The van der Waals surface area contributed by atoms with E-state index in [4.69, 9.17) is 8.92 Å². The number of hydrogen-bond donors (Lipinski definition) is 0. The Morgan fingerprint density at radius 1 is 1.00 bits per heavy atom. The van der Waals surface area contributed by atoms with Crippen LogP contribution in [0.25, 0.3) is 0 Å². The average Bonchev–Trinajstić information content (AvgIpc) is 2.53. The maximum atomic E-state index is 12.2. The lowest BCUT2D eigenvalue weighted by Crippen LogP contribution is -2.09. The summed E-state index contributed by atoms with van der Waals surface area (Å²) in [5, 5.41) is 0. The molecule has 4 nitrogen and oxygen atoms in total. The molecule has 0 N–H and O–H groups in total. The highest BCUT2D eigenvalue weighted by atomic mass is 32.2. The molecule has 0 fully saturated rings. The second-order valence-electron chi connectivity index (χ2n) is 5.14. The largest absolute Gasteiger partial charge is 0.505 e. The highest BCUT2D eigenvalue weighted by Gasteiger charge is 2.16. The standard InChI is InChI=1S/C18H20O4S/c1-15-6-12-18(13-7-15)23(19,20)22-17-10-8-16(9-11-17)5-3-4-14-21-2/h4,6-14H,3,5H2,1-2H3. The predicted octanol–water partition coefficient (Wildman–Crippen LogP) is 3.86. The molecule has 0 aliphatic rings. The van der Waals surface area contributed by atoms with E-state index in [0.717, 1.165) is 24.0 Å². The molecule has 0 unspecified atom stereocenters. The lowest BCUT2D eigenvalue weighted by atomic mass is 10.1. The first-order valence-electron chi connectivity index (χ1n) is 7.29. The third-order valence-corrected chi connectivity index (χ3v) is 4.53. The van der Waals surface area contributed by atoms with Crippen LogP contribution in [0.15, 0.2) is 65.8 Å². The van der Waals surface area contributed by atoms with Gasteiger partial charge in [0.25, 0.3) is 0 Å². The summed E-state index contributed by atoms with van der Waals surface area (Å²) in [7, 11) is -2.19. The molecular weight excluding hydrogens is 312 g/mol.